The number of carbonyl (C=O) groups excluding carboxylic acids is 2. The highest BCUT2D eigenvalue weighted by atomic mass is 32.1. The molecule has 2 fully saturated rings. The summed E-state index contributed by atoms with van der Waals surface area (Å²) in [6.45, 7) is 3.68. The molecule has 1 aromatic carbocycles. The second-order valence-electron chi connectivity index (χ2n) is 7.51. The van der Waals surface area contributed by atoms with E-state index in [4.69, 9.17) is 0 Å². The lowest BCUT2D eigenvalue weighted by atomic mass is 10.1. The second kappa shape index (κ2) is 9.49. The van der Waals surface area contributed by atoms with Crippen LogP contribution in [0.25, 0.3) is 0 Å². The molecule has 154 valence electrons. The molecule has 2 atom stereocenters. The van der Waals surface area contributed by atoms with Crippen LogP contribution in [0.4, 0.5) is 0 Å². The van der Waals surface area contributed by atoms with Crippen molar-refractivity contribution in [2.45, 2.75) is 25.0 Å². The molecule has 2 unspecified atom stereocenters. The van der Waals surface area contributed by atoms with Gasteiger partial charge in [-0.15, -0.1) is 11.3 Å². The van der Waals surface area contributed by atoms with E-state index in [1.54, 1.807) is 11.3 Å². The number of benzene rings is 1. The van der Waals surface area contributed by atoms with Gasteiger partial charge in [-0.3, -0.25) is 14.5 Å². The molecule has 0 radical (unpaired) electrons. The lowest BCUT2D eigenvalue weighted by Crippen LogP contribution is -2.54. The van der Waals surface area contributed by atoms with Crippen LogP contribution in [0.1, 0.15) is 22.9 Å². The molecule has 0 bridgehead atoms. The molecule has 8 heteroatoms. The number of hydrazine groups is 1. The van der Waals surface area contributed by atoms with Crippen LogP contribution in [0, 0.1) is 0 Å². The Hall–Kier alpha value is -2.26. The fourth-order valence-corrected chi connectivity index (χ4v) is 4.59. The van der Waals surface area contributed by atoms with Crippen LogP contribution < -0.4 is 16.2 Å². The highest BCUT2D eigenvalue weighted by Crippen LogP contribution is 2.26. The summed E-state index contributed by atoms with van der Waals surface area (Å²) in [5, 5.41) is 5.02. The zero-order valence-corrected chi connectivity index (χ0v) is 17.2. The van der Waals surface area contributed by atoms with E-state index in [-0.39, 0.29) is 23.9 Å². The summed E-state index contributed by atoms with van der Waals surface area (Å²) in [5.74, 6) is 0.166. The minimum Gasteiger partial charge on any atom is -0.351 e. The summed E-state index contributed by atoms with van der Waals surface area (Å²) in [5.41, 5.74) is 7.49. The van der Waals surface area contributed by atoms with E-state index in [9.17, 15) is 9.59 Å². The molecule has 0 saturated carbocycles. The number of hydrogen-bond acceptors (Lipinski definition) is 6. The Morgan fingerprint density at radius 2 is 1.83 bits per heavy atom. The van der Waals surface area contributed by atoms with Gasteiger partial charge < -0.3 is 10.2 Å². The quantitative estimate of drug-likeness (QED) is 0.662. The topological polar surface area (TPSA) is 76.7 Å². The van der Waals surface area contributed by atoms with Gasteiger partial charge in [0.2, 0.25) is 11.8 Å². The fourth-order valence-electron chi connectivity index (χ4n) is 3.80. The van der Waals surface area contributed by atoms with Crippen molar-refractivity contribution >= 4 is 23.2 Å². The van der Waals surface area contributed by atoms with Crippen molar-refractivity contribution in [3.8, 4) is 0 Å². The molecule has 2 aliphatic rings. The highest BCUT2D eigenvalue weighted by molar-refractivity contribution is 7.10. The lowest BCUT2D eigenvalue weighted by Gasteiger charge is -2.35. The maximum absolute atomic E-state index is 12.8. The molecular weight excluding hydrogens is 386 g/mol. The molecule has 3 N–H and O–H groups in total. The van der Waals surface area contributed by atoms with E-state index < -0.39 is 0 Å². The van der Waals surface area contributed by atoms with E-state index >= 15 is 0 Å². The van der Waals surface area contributed by atoms with Gasteiger partial charge in [0.05, 0.1) is 12.6 Å². The van der Waals surface area contributed by atoms with Crippen molar-refractivity contribution in [2.24, 2.45) is 0 Å². The number of rotatable bonds is 6. The maximum Gasteiger partial charge on any atom is 0.241 e. The molecule has 29 heavy (non-hydrogen) atoms. The van der Waals surface area contributed by atoms with E-state index in [0.717, 1.165) is 25.1 Å². The second-order valence-corrected chi connectivity index (χ2v) is 8.49. The molecule has 2 aromatic rings. The summed E-state index contributed by atoms with van der Waals surface area (Å²) in [7, 11) is 0. The minimum atomic E-state index is -0.192. The van der Waals surface area contributed by atoms with Crippen LogP contribution in [-0.2, 0) is 16.1 Å². The first kappa shape index (κ1) is 20.0. The maximum atomic E-state index is 12.8. The average molecular weight is 414 g/mol. The molecule has 2 saturated heterocycles. The summed E-state index contributed by atoms with van der Waals surface area (Å²) < 4.78 is 0. The van der Waals surface area contributed by atoms with Crippen molar-refractivity contribution in [3.63, 3.8) is 0 Å². The monoisotopic (exact) mass is 413 g/mol. The van der Waals surface area contributed by atoms with Crippen molar-refractivity contribution in [3.05, 3.63) is 58.3 Å². The van der Waals surface area contributed by atoms with E-state index in [1.165, 1.54) is 4.88 Å². The minimum absolute atomic E-state index is 0.0223. The van der Waals surface area contributed by atoms with Crippen LogP contribution in [0.15, 0.2) is 47.8 Å². The number of nitrogens with one attached hydrogen (secondary N) is 3. The van der Waals surface area contributed by atoms with Crippen LogP contribution in [-0.4, -0.2) is 60.4 Å². The molecule has 3 heterocycles. The third-order valence-electron chi connectivity index (χ3n) is 5.47. The summed E-state index contributed by atoms with van der Waals surface area (Å²) in [4.78, 5) is 30.3. The Labute approximate surface area is 175 Å². The van der Waals surface area contributed by atoms with Gasteiger partial charge in [-0.1, -0.05) is 36.4 Å². The lowest BCUT2D eigenvalue weighted by molar-refractivity contribution is -0.135. The van der Waals surface area contributed by atoms with Crippen molar-refractivity contribution in [1.29, 1.82) is 0 Å². The molecule has 0 aliphatic carbocycles. The Bertz CT molecular complexity index is 806. The number of piperazine rings is 1. The molecule has 1 aromatic heterocycles. The zero-order valence-electron chi connectivity index (χ0n) is 16.3. The third-order valence-corrected chi connectivity index (χ3v) is 6.46. The average Bonchev–Trinajstić information content (AvgIpc) is 3.45. The third kappa shape index (κ3) is 5.22. The normalized spacial score (nSPS) is 22.6. The Balaban J connectivity index is 1.18. The first-order chi connectivity index (χ1) is 14.2. The number of hydrogen-bond donors (Lipinski definition) is 3. The summed E-state index contributed by atoms with van der Waals surface area (Å²) >= 11 is 1.71. The van der Waals surface area contributed by atoms with Gasteiger partial charge in [-0.05, 0) is 23.4 Å². The molecule has 0 spiro atoms. The zero-order chi connectivity index (χ0) is 20.1. The molecule has 2 amide bonds. The van der Waals surface area contributed by atoms with Crippen LogP contribution >= 0.6 is 11.3 Å². The summed E-state index contributed by atoms with van der Waals surface area (Å²) in [6, 6.07) is 14.0. The van der Waals surface area contributed by atoms with E-state index in [0.29, 0.717) is 26.2 Å². The molecule has 2 aliphatic heterocycles. The number of amides is 2. The smallest absolute Gasteiger partial charge is 0.241 e. The highest BCUT2D eigenvalue weighted by Gasteiger charge is 2.34. The molecule has 4 rings (SSSR count). The Morgan fingerprint density at radius 1 is 1.03 bits per heavy atom. The molecular formula is C21H27N5O2S. The van der Waals surface area contributed by atoms with Gasteiger partial charge in [0.15, 0.2) is 0 Å². The van der Waals surface area contributed by atoms with Crippen molar-refractivity contribution in [1.82, 2.24) is 26.0 Å². The van der Waals surface area contributed by atoms with Gasteiger partial charge >= 0.3 is 0 Å². The molecule has 7 nitrogen and oxygen atoms in total. The Morgan fingerprint density at radius 3 is 2.55 bits per heavy atom. The van der Waals surface area contributed by atoms with Crippen LogP contribution in [0.2, 0.25) is 0 Å². The predicted octanol–water partition coefficient (Wildman–Crippen LogP) is 1.12. The largest absolute Gasteiger partial charge is 0.351 e. The van der Waals surface area contributed by atoms with Gasteiger partial charge in [0.1, 0.15) is 6.04 Å². The first-order valence-corrected chi connectivity index (χ1v) is 10.9. The van der Waals surface area contributed by atoms with E-state index in [2.05, 4.69) is 32.5 Å². The number of nitrogens with zero attached hydrogens (tertiary/aromatic N) is 2. The first-order valence-electron chi connectivity index (χ1n) is 10.1. The van der Waals surface area contributed by atoms with Gasteiger partial charge in [0, 0.05) is 37.6 Å². The van der Waals surface area contributed by atoms with Gasteiger partial charge in [0.25, 0.3) is 0 Å². The Kier molecular flexibility index (Phi) is 6.56. The standard InChI is InChI=1S/C21H27N5O2S/c27-20(22-14-16-5-2-1-3-6-16)15-25-8-10-26(11-9-25)21(28)18-13-17(23-24-18)19-7-4-12-29-19/h1-7,12,17-18,23-24H,8-11,13-15H2,(H,22,27). The van der Waals surface area contributed by atoms with Crippen LogP contribution in [0.3, 0.4) is 0 Å². The van der Waals surface area contributed by atoms with Crippen LogP contribution in [0.5, 0.6) is 0 Å². The predicted molar refractivity (Wildman–Crippen MR) is 113 cm³/mol. The van der Waals surface area contributed by atoms with Crippen molar-refractivity contribution in [2.75, 3.05) is 32.7 Å². The number of thiophene rings is 1. The van der Waals surface area contributed by atoms with Crippen molar-refractivity contribution < 1.29 is 9.59 Å². The number of carbonyl (C=O) groups is 2. The fraction of sp³-hybridized carbons (Fsp3) is 0.429. The van der Waals surface area contributed by atoms with Gasteiger partial charge in [-0.25, -0.2) is 10.9 Å². The summed E-state index contributed by atoms with van der Waals surface area (Å²) in [6.07, 6.45) is 0.765. The SMILES string of the molecule is O=C(CN1CCN(C(=O)C2CC(c3cccs3)NN2)CC1)NCc1ccccc1. The van der Waals surface area contributed by atoms with Gasteiger partial charge in [-0.2, -0.15) is 0 Å². The van der Waals surface area contributed by atoms with E-state index in [1.807, 2.05) is 41.3 Å².